The van der Waals surface area contributed by atoms with Crippen molar-refractivity contribution in [3.8, 4) is 0 Å². The molecule has 2 aliphatic rings. The molecule has 4 heteroatoms. The molecule has 0 radical (unpaired) electrons. The van der Waals surface area contributed by atoms with Crippen molar-refractivity contribution in [2.45, 2.75) is 18.4 Å². The molecule has 1 aliphatic carbocycles. The Morgan fingerprint density at radius 1 is 1.14 bits per heavy atom. The summed E-state index contributed by atoms with van der Waals surface area (Å²) in [5, 5.41) is 5.09. The van der Waals surface area contributed by atoms with E-state index < -0.39 is 0 Å². The topological polar surface area (TPSA) is 12.0 Å². The Balaban J connectivity index is 1.86. The monoisotopic (exact) mass is 393 g/mol. The Morgan fingerprint density at radius 3 is 2.77 bits per heavy atom. The number of fused-ring (bicyclic) bond motifs is 3. The summed E-state index contributed by atoms with van der Waals surface area (Å²) in [6.07, 6.45) is 5.61. The van der Waals surface area contributed by atoms with Gasteiger partial charge in [-0.2, -0.15) is 0 Å². The second kappa shape index (κ2) is 5.59. The molecule has 1 heterocycles. The molecule has 0 aromatic heterocycles. The molecule has 0 fully saturated rings. The summed E-state index contributed by atoms with van der Waals surface area (Å²) in [6.45, 7) is 0. The SMILES string of the molecule is Clc1cc(Cl)c2c(c1)N[C@H](c1ccccc1Br)[C@H]1CC=C[C@H]21. The summed E-state index contributed by atoms with van der Waals surface area (Å²) in [5.41, 5.74) is 3.50. The van der Waals surface area contributed by atoms with Gasteiger partial charge < -0.3 is 5.32 Å². The van der Waals surface area contributed by atoms with Crippen molar-refractivity contribution < 1.29 is 0 Å². The van der Waals surface area contributed by atoms with E-state index in [0.717, 1.165) is 21.6 Å². The number of nitrogens with one attached hydrogen (secondary N) is 1. The first-order valence-electron chi connectivity index (χ1n) is 7.31. The Morgan fingerprint density at radius 2 is 1.95 bits per heavy atom. The molecule has 0 amide bonds. The van der Waals surface area contributed by atoms with Crippen LogP contribution >= 0.6 is 39.1 Å². The molecule has 2 aromatic rings. The molecule has 0 unspecified atom stereocenters. The minimum absolute atomic E-state index is 0.248. The molecule has 4 rings (SSSR count). The van der Waals surface area contributed by atoms with Crippen molar-refractivity contribution in [1.29, 1.82) is 0 Å². The van der Waals surface area contributed by atoms with Crippen molar-refractivity contribution in [1.82, 2.24) is 0 Å². The van der Waals surface area contributed by atoms with Gasteiger partial charge in [0.05, 0.1) is 6.04 Å². The normalized spacial score (nSPS) is 25.5. The number of anilines is 1. The highest BCUT2D eigenvalue weighted by Crippen LogP contribution is 2.53. The minimum Gasteiger partial charge on any atom is -0.378 e. The minimum atomic E-state index is 0.248. The van der Waals surface area contributed by atoms with Crippen LogP contribution in [0.15, 0.2) is 53.0 Å². The van der Waals surface area contributed by atoms with Gasteiger partial charge in [-0.25, -0.2) is 0 Å². The van der Waals surface area contributed by atoms with Gasteiger partial charge in [-0.05, 0) is 36.1 Å². The number of halogens is 3. The Kier molecular flexibility index (Phi) is 3.72. The second-order valence-electron chi connectivity index (χ2n) is 5.85. The number of rotatable bonds is 1. The largest absolute Gasteiger partial charge is 0.378 e. The summed E-state index contributed by atoms with van der Waals surface area (Å²) >= 11 is 16.4. The van der Waals surface area contributed by atoms with Gasteiger partial charge in [-0.15, -0.1) is 0 Å². The fourth-order valence-corrected chi connectivity index (χ4v) is 4.83. The summed E-state index contributed by atoms with van der Waals surface area (Å²) in [6, 6.07) is 12.5. The van der Waals surface area contributed by atoms with E-state index in [1.54, 1.807) is 0 Å². The molecule has 0 saturated carbocycles. The van der Waals surface area contributed by atoms with Gasteiger partial charge in [-0.1, -0.05) is 69.5 Å². The van der Waals surface area contributed by atoms with E-state index in [9.17, 15) is 0 Å². The maximum Gasteiger partial charge on any atom is 0.0565 e. The summed E-state index contributed by atoms with van der Waals surface area (Å²) in [4.78, 5) is 0. The zero-order chi connectivity index (χ0) is 15.3. The highest BCUT2D eigenvalue weighted by molar-refractivity contribution is 9.10. The maximum absolute atomic E-state index is 6.47. The van der Waals surface area contributed by atoms with Crippen molar-refractivity contribution in [2.24, 2.45) is 5.92 Å². The van der Waals surface area contributed by atoms with Crippen LogP contribution < -0.4 is 5.32 Å². The van der Waals surface area contributed by atoms with Crippen LogP contribution in [0.2, 0.25) is 10.0 Å². The number of allylic oxidation sites excluding steroid dienone is 2. The van der Waals surface area contributed by atoms with Gasteiger partial charge >= 0.3 is 0 Å². The molecule has 1 N–H and O–H groups in total. The summed E-state index contributed by atoms with van der Waals surface area (Å²) < 4.78 is 1.13. The van der Waals surface area contributed by atoms with Crippen LogP contribution in [0.4, 0.5) is 5.69 Å². The van der Waals surface area contributed by atoms with Crippen LogP contribution in [0.5, 0.6) is 0 Å². The first-order valence-corrected chi connectivity index (χ1v) is 8.86. The zero-order valence-electron chi connectivity index (χ0n) is 11.7. The first-order chi connectivity index (χ1) is 10.6. The molecule has 0 bridgehead atoms. The lowest BCUT2D eigenvalue weighted by molar-refractivity contribution is 0.425. The predicted octanol–water partition coefficient (Wildman–Crippen LogP) is 6.58. The molecule has 0 saturated heterocycles. The number of benzene rings is 2. The molecule has 112 valence electrons. The van der Waals surface area contributed by atoms with Crippen LogP contribution in [-0.4, -0.2) is 0 Å². The van der Waals surface area contributed by atoms with Crippen LogP contribution in [0.25, 0.3) is 0 Å². The third-order valence-corrected chi connectivity index (χ3v) is 5.87. The second-order valence-corrected chi connectivity index (χ2v) is 7.54. The molecule has 22 heavy (non-hydrogen) atoms. The first kappa shape index (κ1) is 14.6. The molecule has 1 aliphatic heterocycles. The maximum atomic E-state index is 6.47. The molecule has 0 spiro atoms. The standard InChI is InChI=1S/C18H14BrCl2N/c19-14-7-2-1-4-13(14)18-12-6-3-5-11(12)17-15(21)8-10(20)9-16(17)22-18/h1-5,7-9,11-12,18,22H,6H2/t11-,12-,18-/m0/s1. The van der Waals surface area contributed by atoms with E-state index in [1.165, 1.54) is 11.1 Å². The van der Waals surface area contributed by atoms with E-state index in [1.807, 2.05) is 18.2 Å². The van der Waals surface area contributed by atoms with Crippen LogP contribution in [0.1, 0.15) is 29.5 Å². The van der Waals surface area contributed by atoms with Crippen molar-refractivity contribution in [3.05, 3.63) is 74.2 Å². The molecular formula is C18H14BrCl2N. The molecular weight excluding hydrogens is 381 g/mol. The quantitative estimate of drug-likeness (QED) is 0.538. The third-order valence-electron chi connectivity index (χ3n) is 4.62. The summed E-state index contributed by atoms with van der Waals surface area (Å²) in [7, 11) is 0. The van der Waals surface area contributed by atoms with Crippen LogP contribution in [0, 0.1) is 5.92 Å². The molecule has 3 atom stereocenters. The Hall–Kier alpha value is -0.960. The Labute approximate surface area is 148 Å². The van der Waals surface area contributed by atoms with Crippen molar-refractivity contribution >= 4 is 44.8 Å². The van der Waals surface area contributed by atoms with E-state index in [0.29, 0.717) is 16.9 Å². The lowest BCUT2D eigenvalue weighted by Crippen LogP contribution is -2.29. The van der Waals surface area contributed by atoms with Gasteiger partial charge in [0.2, 0.25) is 0 Å². The average molecular weight is 395 g/mol. The predicted molar refractivity (Wildman–Crippen MR) is 97.0 cm³/mol. The highest BCUT2D eigenvalue weighted by atomic mass is 79.9. The highest BCUT2D eigenvalue weighted by Gasteiger charge is 2.39. The molecule has 1 nitrogen and oxygen atoms in total. The van der Waals surface area contributed by atoms with Crippen molar-refractivity contribution in [3.63, 3.8) is 0 Å². The fraction of sp³-hybridized carbons (Fsp3) is 0.222. The number of hydrogen-bond acceptors (Lipinski definition) is 1. The van der Waals surface area contributed by atoms with E-state index >= 15 is 0 Å². The Bertz CT molecular complexity index is 772. The third kappa shape index (κ3) is 2.29. The van der Waals surface area contributed by atoms with Crippen LogP contribution in [-0.2, 0) is 0 Å². The van der Waals surface area contributed by atoms with Gasteiger partial charge in [0.15, 0.2) is 0 Å². The smallest absolute Gasteiger partial charge is 0.0565 e. The van der Waals surface area contributed by atoms with Crippen LogP contribution in [0.3, 0.4) is 0 Å². The van der Waals surface area contributed by atoms with E-state index in [-0.39, 0.29) is 6.04 Å². The number of hydrogen-bond donors (Lipinski definition) is 1. The van der Waals surface area contributed by atoms with Gasteiger partial charge in [-0.3, -0.25) is 0 Å². The summed E-state index contributed by atoms with van der Waals surface area (Å²) in [5.74, 6) is 0.822. The van der Waals surface area contributed by atoms with Crippen molar-refractivity contribution in [2.75, 3.05) is 5.32 Å². The lowest BCUT2D eigenvalue weighted by atomic mass is 9.77. The van der Waals surface area contributed by atoms with E-state index in [4.69, 9.17) is 23.2 Å². The van der Waals surface area contributed by atoms with Gasteiger partial charge in [0.1, 0.15) is 0 Å². The average Bonchev–Trinajstić information content (AvgIpc) is 2.95. The van der Waals surface area contributed by atoms with Gasteiger partial charge in [0, 0.05) is 31.7 Å². The van der Waals surface area contributed by atoms with Gasteiger partial charge in [0.25, 0.3) is 0 Å². The fourth-order valence-electron chi connectivity index (χ4n) is 3.68. The van der Waals surface area contributed by atoms with E-state index in [2.05, 4.69) is 51.6 Å². The zero-order valence-corrected chi connectivity index (χ0v) is 14.8. The molecule has 2 aromatic carbocycles. The lowest BCUT2D eigenvalue weighted by Gasteiger charge is -2.38.